The molecule has 4 heteroatoms. The van der Waals surface area contributed by atoms with Gasteiger partial charge in [-0.25, -0.2) is 0 Å². The number of hydrogen-bond donors (Lipinski definition) is 0. The van der Waals surface area contributed by atoms with E-state index >= 15 is 0 Å². The number of benzene rings is 1. The maximum atomic E-state index is 12.6. The van der Waals surface area contributed by atoms with E-state index in [4.69, 9.17) is 0 Å². The van der Waals surface area contributed by atoms with Crippen molar-refractivity contribution in [1.29, 1.82) is 0 Å². The van der Waals surface area contributed by atoms with E-state index in [1.807, 2.05) is 0 Å². The van der Waals surface area contributed by atoms with E-state index in [1.165, 1.54) is 30.4 Å². The predicted octanol–water partition coefficient (Wildman–Crippen LogP) is 2.58. The van der Waals surface area contributed by atoms with Crippen LogP contribution in [0.2, 0.25) is 0 Å². The number of amides is 1. The molecule has 1 saturated heterocycles. The van der Waals surface area contributed by atoms with Crippen molar-refractivity contribution >= 4 is 5.91 Å². The summed E-state index contributed by atoms with van der Waals surface area (Å²) in [5.74, 6) is 1.03. The fraction of sp³-hybridized carbons (Fsp3) is 0.650. The summed E-state index contributed by atoms with van der Waals surface area (Å²) in [5, 5.41) is 0. The average molecular weight is 329 g/mol. The van der Waals surface area contributed by atoms with Crippen LogP contribution in [0.15, 0.2) is 24.3 Å². The van der Waals surface area contributed by atoms with Gasteiger partial charge in [0.2, 0.25) is 5.91 Å². The number of piperidine rings is 1. The molecular formula is C20H31N3O. The summed E-state index contributed by atoms with van der Waals surface area (Å²) in [6, 6.07) is 8.62. The minimum atomic E-state index is 0.348. The molecule has 0 radical (unpaired) electrons. The standard InChI is InChI=1S/C20H31N3O/c1-21(2)12-9-17-6-5-11-23(14-17)20(24)10-13-22-15-18-7-3-4-8-19(18)16-22/h3-4,7-8,17H,5-6,9-16H2,1-2H3/t17-/m0/s1. The fourth-order valence-corrected chi connectivity index (χ4v) is 3.94. The average Bonchev–Trinajstić information content (AvgIpc) is 3.01. The van der Waals surface area contributed by atoms with Crippen LogP contribution in [0.4, 0.5) is 0 Å². The van der Waals surface area contributed by atoms with E-state index in [0.717, 1.165) is 39.3 Å². The highest BCUT2D eigenvalue weighted by molar-refractivity contribution is 5.76. The zero-order valence-corrected chi connectivity index (χ0v) is 15.2. The summed E-state index contributed by atoms with van der Waals surface area (Å²) in [6.07, 6.45) is 4.31. The first-order chi connectivity index (χ1) is 11.6. The van der Waals surface area contributed by atoms with Crippen molar-refractivity contribution < 1.29 is 4.79 Å². The first kappa shape index (κ1) is 17.4. The van der Waals surface area contributed by atoms with Crippen LogP contribution < -0.4 is 0 Å². The highest BCUT2D eigenvalue weighted by Gasteiger charge is 2.25. The Morgan fingerprint density at radius 2 is 1.92 bits per heavy atom. The highest BCUT2D eigenvalue weighted by atomic mass is 16.2. The number of likely N-dealkylation sites (tertiary alicyclic amines) is 1. The van der Waals surface area contributed by atoms with Gasteiger partial charge in [0.1, 0.15) is 0 Å². The van der Waals surface area contributed by atoms with Gasteiger partial charge in [-0.15, -0.1) is 0 Å². The number of carbonyl (C=O) groups is 1. The second kappa shape index (κ2) is 8.13. The summed E-state index contributed by atoms with van der Waals surface area (Å²) in [6.45, 7) is 5.92. The lowest BCUT2D eigenvalue weighted by atomic mass is 9.94. The Balaban J connectivity index is 1.42. The van der Waals surface area contributed by atoms with Crippen molar-refractivity contribution in [3.05, 3.63) is 35.4 Å². The molecule has 2 heterocycles. The van der Waals surface area contributed by atoms with E-state index < -0.39 is 0 Å². The van der Waals surface area contributed by atoms with E-state index in [9.17, 15) is 4.79 Å². The molecular weight excluding hydrogens is 298 g/mol. The van der Waals surface area contributed by atoms with Crippen LogP contribution in [0.1, 0.15) is 36.8 Å². The predicted molar refractivity (Wildman–Crippen MR) is 97.6 cm³/mol. The van der Waals surface area contributed by atoms with Crippen molar-refractivity contribution in [2.75, 3.05) is 40.3 Å². The van der Waals surface area contributed by atoms with Gasteiger partial charge >= 0.3 is 0 Å². The fourth-order valence-electron chi connectivity index (χ4n) is 3.94. The number of rotatable bonds is 6. The van der Waals surface area contributed by atoms with Crippen molar-refractivity contribution in [2.45, 2.75) is 38.8 Å². The first-order valence-electron chi connectivity index (χ1n) is 9.33. The summed E-state index contributed by atoms with van der Waals surface area (Å²) in [7, 11) is 4.25. The largest absolute Gasteiger partial charge is 0.342 e. The van der Waals surface area contributed by atoms with E-state index in [0.29, 0.717) is 18.2 Å². The maximum absolute atomic E-state index is 12.6. The third kappa shape index (κ3) is 4.58. The van der Waals surface area contributed by atoms with Gasteiger partial charge < -0.3 is 9.80 Å². The molecule has 4 nitrogen and oxygen atoms in total. The van der Waals surface area contributed by atoms with Crippen molar-refractivity contribution in [1.82, 2.24) is 14.7 Å². The third-order valence-electron chi connectivity index (χ3n) is 5.40. The van der Waals surface area contributed by atoms with Crippen LogP contribution in [0.5, 0.6) is 0 Å². The molecule has 0 spiro atoms. The molecule has 0 aliphatic carbocycles. The molecule has 1 fully saturated rings. The summed E-state index contributed by atoms with van der Waals surface area (Å²) in [5.41, 5.74) is 2.85. The zero-order chi connectivity index (χ0) is 16.9. The molecule has 2 aliphatic rings. The highest BCUT2D eigenvalue weighted by Crippen LogP contribution is 2.23. The number of carbonyl (C=O) groups excluding carboxylic acids is 1. The lowest BCUT2D eigenvalue weighted by molar-refractivity contribution is -0.133. The number of nitrogens with zero attached hydrogens (tertiary/aromatic N) is 3. The molecule has 0 aromatic heterocycles. The van der Waals surface area contributed by atoms with Gasteiger partial charge in [0, 0.05) is 39.1 Å². The SMILES string of the molecule is CN(C)CC[C@@H]1CCCN(C(=O)CCN2Cc3ccccc3C2)C1. The Morgan fingerprint density at radius 3 is 2.58 bits per heavy atom. The quantitative estimate of drug-likeness (QED) is 0.803. The van der Waals surface area contributed by atoms with Crippen LogP contribution in [-0.4, -0.2) is 60.9 Å². The van der Waals surface area contributed by atoms with Crippen molar-refractivity contribution in [3.63, 3.8) is 0 Å². The smallest absolute Gasteiger partial charge is 0.223 e. The molecule has 0 saturated carbocycles. The molecule has 1 atom stereocenters. The van der Waals surface area contributed by atoms with E-state index in [1.54, 1.807) is 0 Å². The van der Waals surface area contributed by atoms with Gasteiger partial charge in [0.05, 0.1) is 0 Å². The molecule has 2 aliphatic heterocycles. The normalized spacial score (nSPS) is 21.3. The molecule has 0 bridgehead atoms. The van der Waals surface area contributed by atoms with Gasteiger partial charge in [-0.2, -0.15) is 0 Å². The van der Waals surface area contributed by atoms with Gasteiger partial charge in [-0.1, -0.05) is 24.3 Å². The minimum Gasteiger partial charge on any atom is -0.342 e. The van der Waals surface area contributed by atoms with E-state index in [-0.39, 0.29) is 0 Å². The van der Waals surface area contributed by atoms with Crippen LogP contribution in [-0.2, 0) is 17.9 Å². The van der Waals surface area contributed by atoms with Crippen LogP contribution in [0.3, 0.4) is 0 Å². The zero-order valence-electron chi connectivity index (χ0n) is 15.2. The molecule has 3 rings (SSSR count). The molecule has 132 valence electrons. The first-order valence-corrected chi connectivity index (χ1v) is 9.33. The van der Waals surface area contributed by atoms with Gasteiger partial charge in [0.15, 0.2) is 0 Å². The Hall–Kier alpha value is -1.39. The topological polar surface area (TPSA) is 26.8 Å². The van der Waals surface area contributed by atoms with Crippen LogP contribution in [0.25, 0.3) is 0 Å². The summed E-state index contributed by atoms with van der Waals surface area (Å²) >= 11 is 0. The number of hydrogen-bond acceptors (Lipinski definition) is 3. The maximum Gasteiger partial charge on any atom is 0.223 e. The lowest BCUT2D eigenvalue weighted by Gasteiger charge is -2.33. The lowest BCUT2D eigenvalue weighted by Crippen LogP contribution is -2.41. The van der Waals surface area contributed by atoms with Gasteiger partial charge in [-0.3, -0.25) is 9.69 Å². The van der Waals surface area contributed by atoms with E-state index in [2.05, 4.69) is 53.1 Å². The second-order valence-electron chi connectivity index (χ2n) is 7.67. The second-order valence-corrected chi connectivity index (χ2v) is 7.67. The molecule has 1 aromatic carbocycles. The van der Waals surface area contributed by atoms with Crippen LogP contribution in [0, 0.1) is 5.92 Å². The molecule has 1 aromatic rings. The Bertz CT molecular complexity index is 533. The Labute approximate surface area is 146 Å². The van der Waals surface area contributed by atoms with Crippen molar-refractivity contribution in [2.24, 2.45) is 5.92 Å². The molecule has 0 unspecified atom stereocenters. The van der Waals surface area contributed by atoms with Gasteiger partial charge in [-0.05, 0) is 56.9 Å². The summed E-state index contributed by atoms with van der Waals surface area (Å²) in [4.78, 5) is 19.4. The third-order valence-corrected chi connectivity index (χ3v) is 5.40. The van der Waals surface area contributed by atoms with Crippen LogP contribution >= 0.6 is 0 Å². The Kier molecular flexibility index (Phi) is 5.90. The number of fused-ring (bicyclic) bond motifs is 1. The minimum absolute atomic E-state index is 0.348. The molecule has 24 heavy (non-hydrogen) atoms. The molecule has 1 amide bonds. The summed E-state index contributed by atoms with van der Waals surface area (Å²) < 4.78 is 0. The van der Waals surface area contributed by atoms with Gasteiger partial charge in [0.25, 0.3) is 0 Å². The van der Waals surface area contributed by atoms with Crippen molar-refractivity contribution in [3.8, 4) is 0 Å². The molecule has 0 N–H and O–H groups in total. The monoisotopic (exact) mass is 329 g/mol. The Morgan fingerprint density at radius 1 is 1.21 bits per heavy atom.